The van der Waals surface area contributed by atoms with Gasteiger partial charge in [0.15, 0.2) is 0 Å². The summed E-state index contributed by atoms with van der Waals surface area (Å²) in [5, 5.41) is 12.6. The van der Waals surface area contributed by atoms with E-state index in [1.165, 1.54) is 6.33 Å². The van der Waals surface area contributed by atoms with E-state index in [4.69, 9.17) is 5.84 Å². The Morgan fingerprint density at radius 3 is 2.50 bits per heavy atom. The van der Waals surface area contributed by atoms with E-state index < -0.39 is 0 Å². The average molecular weight is 253 g/mol. The monoisotopic (exact) mass is 253 g/mol. The smallest absolute Gasteiger partial charge is 0.148 e. The Morgan fingerprint density at radius 1 is 1.33 bits per heavy atom. The maximum Gasteiger partial charge on any atom is 0.148 e. The molecule has 0 aliphatic rings. The van der Waals surface area contributed by atoms with E-state index in [9.17, 15) is 5.11 Å². The molecule has 0 aromatic carbocycles. The topological polar surface area (TPSA) is 96.1 Å². The van der Waals surface area contributed by atoms with Crippen LogP contribution in [-0.2, 0) is 6.42 Å². The predicted molar refractivity (Wildman–Crippen MR) is 73.2 cm³/mol. The first-order chi connectivity index (χ1) is 8.63. The van der Waals surface area contributed by atoms with Crippen LogP contribution in [0, 0.1) is 5.92 Å². The minimum atomic E-state index is -0.0267. The lowest BCUT2D eigenvalue weighted by Gasteiger charge is -2.22. The van der Waals surface area contributed by atoms with Crippen LogP contribution < -0.4 is 16.6 Å². The summed E-state index contributed by atoms with van der Waals surface area (Å²) in [5.41, 5.74) is 3.55. The van der Waals surface area contributed by atoms with Crippen molar-refractivity contribution in [3.8, 4) is 0 Å². The quantitative estimate of drug-likeness (QED) is 0.430. The number of aliphatic hydroxyl groups excluding tert-OH is 1. The molecule has 0 aliphatic heterocycles. The van der Waals surface area contributed by atoms with E-state index in [1.54, 1.807) is 0 Å². The van der Waals surface area contributed by atoms with Crippen molar-refractivity contribution in [3.63, 3.8) is 0 Å². The predicted octanol–water partition coefficient (Wildman–Crippen LogP) is 1.14. The molecule has 5 N–H and O–H groups in total. The van der Waals surface area contributed by atoms with E-state index in [0.29, 0.717) is 11.7 Å². The zero-order chi connectivity index (χ0) is 13.5. The number of aliphatic hydroxyl groups is 1. The summed E-state index contributed by atoms with van der Waals surface area (Å²) >= 11 is 0. The summed E-state index contributed by atoms with van der Waals surface area (Å²) in [5.74, 6) is 7.15. The Labute approximate surface area is 108 Å². The SMILES string of the molecule is CCCc1c(NN)ncnc1N[C@H](CO)C(C)C. The van der Waals surface area contributed by atoms with E-state index in [1.807, 2.05) is 0 Å². The van der Waals surface area contributed by atoms with Gasteiger partial charge in [0.2, 0.25) is 0 Å². The van der Waals surface area contributed by atoms with E-state index in [0.717, 1.165) is 24.2 Å². The lowest BCUT2D eigenvalue weighted by atomic mass is 10.0. The van der Waals surface area contributed by atoms with Crippen LogP contribution in [0.2, 0.25) is 0 Å². The summed E-state index contributed by atoms with van der Waals surface area (Å²) in [6.07, 6.45) is 3.27. The van der Waals surface area contributed by atoms with Crippen molar-refractivity contribution in [1.29, 1.82) is 0 Å². The molecule has 6 heteroatoms. The molecule has 6 nitrogen and oxygen atoms in total. The molecule has 0 saturated heterocycles. The molecular weight excluding hydrogens is 230 g/mol. The van der Waals surface area contributed by atoms with Gasteiger partial charge in [-0.2, -0.15) is 0 Å². The third-order valence-corrected chi connectivity index (χ3v) is 2.91. The minimum absolute atomic E-state index is 0.0267. The molecule has 0 bridgehead atoms. The Kier molecular flexibility index (Phi) is 5.80. The van der Waals surface area contributed by atoms with Crippen LogP contribution >= 0.6 is 0 Å². The molecule has 1 aromatic rings. The molecule has 1 heterocycles. The zero-order valence-corrected chi connectivity index (χ0v) is 11.3. The van der Waals surface area contributed by atoms with Crippen molar-refractivity contribution in [3.05, 3.63) is 11.9 Å². The van der Waals surface area contributed by atoms with Gasteiger partial charge in [0.05, 0.1) is 12.6 Å². The fourth-order valence-electron chi connectivity index (χ4n) is 1.75. The van der Waals surface area contributed by atoms with Gasteiger partial charge in [0.1, 0.15) is 18.0 Å². The third-order valence-electron chi connectivity index (χ3n) is 2.91. The molecule has 0 unspecified atom stereocenters. The highest BCUT2D eigenvalue weighted by molar-refractivity contribution is 5.57. The Balaban J connectivity index is 2.99. The number of hydrogen-bond donors (Lipinski definition) is 4. The number of hydrazine groups is 1. The van der Waals surface area contributed by atoms with Gasteiger partial charge in [0.25, 0.3) is 0 Å². The van der Waals surface area contributed by atoms with Gasteiger partial charge < -0.3 is 15.8 Å². The number of hydrogen-bond acceptors (Lipinski definition) is 6. The van der Waals surface area contributed by atoms with Crippen molar-refractivity contribution in [2.45, 2.75) is 39.7 Å². The number of rotatable bonds is 7. The molecule has 0 radical (unpaired) electrons. The average Bonchev–Trinajstić information content (AvgIpc) is 2.37. The van der Waals surface area contributed by atoms with Crippen LogP contribution in [-0.4, -0.2) is 27.7 Å². The summed E-state index contributed by atoms with van der Waals surface area (Å²) in [4.78, 5) is 8.35. The Hall–Kier alpha value is -1.40. The van der Waals surface area contributed by atoms with E-state index in [-0.39, 0.29) is 12.6 Å². The fourth-order valence-corrected chi connectivity index (χ4v) is 1.75. The molecule has 0 amide bonds. The van der Waals surface area contributed by atoms with Gasteiger partial charge >= 0.3 is 0 Å². The lowest BCUT2D eigenvalue weighted by molar-refractivity contribution is 0.249. The van der Waals surface area contributed by atoms with Crippen molar-refractivity contribution >= 4 is 11.6 Å². The molecule has 18 heavy (non-hydrogen) atoms. The molecule has 0 spiro atoms. The standard InChI is InChI=1S/C12H23N5O/c1-4-5-9-11(14-7-15-12(9)17-13)16-10(6-18)8(2)3/h7-8,10,18H,4-6,13H2,1-3H3,(H2,14,15,16,17)/t10-/m1/s1. The lowest BCUT2D eigenvalue weighted by Crippen LogP contribution is -2.30. The summed E-state index contributed by atoms with van der Waals surface area (Å²) in [6.45, 7) is 6.26. The summed E-state index contributed by atoms with van der Waals surface area (Å²) in [7, 11) is 0. The Morgan fingerprint density at radius 2 is 2.00 bits per heavy atom. The number of nitrogen functional groups attached to an aromatic ring is 1. The first-order valence-electron chi connectivity index (χ1n) is 6.31. The van der Waals surface area contributed by atoms with Crippen molar-refractivity contribution < 1.29 is 5.11 Å². The minimum Gasteiger partial charge on any atom is -0.394 e. The molecule has 1 aromatic heterocycles. The van der Waals surface area contributed by atoms with Crippen molar-refractivity contribution in [2.24, 2.45) is 11.8 Å². The third kappa shape index (κ3) is 3.54. The van der Waals surface area contributed by atoms with Crippen molar-refractivity contribution in [2.75, 3.05) is 17.3 Å². The van der Waals surface area contributed by atoms with Gasteiger partial charge in [-0.25, -0.2) is 15.8 Å². The zero-order valence-electron chi connectivity index (χ0n) is 11.3. The van der Waals surface area contributed by atoms with Gasteiger partial charge in [-0.15, -0.1) is 0 Å². The summed E-state index contributed by atoms with van der Waals surface area (Å²) in [6, 6.07) is -0.0267. The molecular formula is C12H23N5O. The Bertz CT molecular complexity index is 369. The highest BCUT2D eigenvalue weighted by Crippen LogP contribution is 2.22. The van der Waals surface area contributed by atoms with Crippen molar-refractivity contribution in [1.82, 2.24) is 9.97 Å². The van der Waals surface area contributed by atoms with Gasteiger partial charge in [0, 0.05) is 5.56 Å². The highest BCUT2D eigenvalue weighted by Gasteiger charge is 2.16. The molecule has 0 fully saturated rings. The second-order valence-corrected chi connectivity index (χ2v) is 4.62. The maximum absolute atomic E-state index is 9.36. The first-order valence-corrected chi connectivity index (χ1v) is 6.31. The molecule has 1 rings (SSSR count). The van der Waals surface area contributed by atoms with Gasteiger partial charge in [-0.05, 0) is 12.3 Å². The molecule has 0 saturated carbocycles. The number of nitrogens with two attached hydrogens (primary N) is 1. The maximum atomic E-state index is 9.36. The number of aromatic nitrogens is 2. The van der Waals surface area contributed by atoms with E-state index >= 15 is 0 Å². The number of nitrogens with one attached hydrogen (secondary N) is 2. The molecule has 1 atom stereocenters. The van der Waals surface area contributed by atoms with Gasteiger partial charge in [-0.1, -0.05) is 27.2 Å². The fraction of sp³-hybridized carbons (Fsp3) is 0.667. The van der Waals surface area contributed by atoms with Crippen LogP contribution in [0.5, 0.6) is 0 Å². The number of anilines is 2. The van der Waals surface area contributed by atoms with Gasteiger partial charge in [-0.3, -0.25) is 0 Å². The second kappa shape index (κ2) is 7.13. The molecule has 0 aliphatic carbocycles. The van der Waals surface area contributed by atoms with Crippen LogP contribution in [0.1, 0.15) is 32.8 Å². The first kappa shape index (κ1) is 14.7. The second-order valence-electron chi connectivity index (χ2n) is 4.62. The molecule has 102 valence electrons. The summed E-state index contributed by atoms with van der Waals surface area (Å²) < 4.78 is 0. The largest absolute Gasteiger partial charge is 0.394 e. The number of nitrogens with zero attached hydrogens (tertiary/aromatic N) is 2. The van der Waals surface area contributed by atoms with Crippen LogP contribution in [0.3, 0.4) is 0 Å². The van der Waals surface area contributed by atoms with Crippen LogP contribution in [0.4, 0.5) is 11.6 Å². The highest BCUT2D eigenvalue weighted by atomic mass is 16.3. The van der Waals surface area contributed by atoms with E-state index in [2.05, 4.69) is 41.5 Å². The van der Waals surface area contributed by atoms with Crippen LogP contribution in [0.25, 0.3) is 0 Å². The van der Waals surface area contributed by atoms with Crippen LogP contribution in [0.15, 0.2) is 6.33 Å². The normalized spacial score (nSPS) is 12.6.